The van der Waals surface area contributed by atoms with E-state index in [4.69, 9.17) is 14.6 Å². The minimum Gasteiger partial charge on any atom is -0.497 e. The van der Waals surface area contributed by atoms with Crippen LogP contribution in [0.2, 0.25) is 0 Å². The Kier molecular flexibility index (Phi) is 8.27. The summed E-state index contributed by atoms with van der Waals surface area (Å²) in [4.78, 5) is 27.2. The van der Waals surface area contributed by atoms with Gasteiger partial charge in [0, 0.05) is 17.8 Å². The number of anilines is 1. The summed E-state index contributed by atoms with van der Waals surface area (Å²) >= 11 is 1.28. The van der Waals surface area contributed by atoms with Crippen molar-refractivity contribution in [1.29, 1.82) is 5.26 Å². The van der Waals surface area contributed by atoms with Gasteiger partial charge in [-0.25, -0.2) is 4.79 Å². The lowest BCUT2D eigenvalue weighted by Crippen LogP contribution is -2.37. The van der Waals surface area contributed by atoms with E-state index in [0.717, 1.165) is 21.8 Å². The van der Waals surface area contributed by atoms with Gasteiger partial charge in [-0.15, -0.1) is 11.3 Å². The maximum absolute atomic E-state index is 12.7. The van der Waals surface area contributed by atoms with Gasteiger partial charge in [-0.1, -0.05) is 19.1 Å². The molecule has 10 heteroatoms. The fourth-order valence-corrected chi connectivity index (χ4v) is 4.83. The van der Waals surface area contributed by atoms with Gasteiger partial charge in [0.05, 0.1) is 25.8 Å². The van der Waals surface area contributed by atoms with Crippen molar-refractivity contribution in [3.63, 3.8) is 0 Å². The number of thiophene rings is 1. The van der Waals surface area contributed by atoms with E-state index in [-0.39, 0.29) is 31.4 Å². The standard InChI is InChI=1S/C23H27N3O6S/c1-14(15-4-3-5-17(9-15)31-2)8-21(29)25-22-19(10-24)18-6-7-26(11-20(18)33-22)23(30)32-13-16(28)12-27/h3-5,9,14,16,27-28H,6-8,11-13H2,1-2H3,(H,25,29)/t14-,16?/m0/s1. The average molecular weight is 474 g/mol. The van der Waals surface area contributed by atoms with Gasteiger partial charge in [0.15, 0.2) is 0 Å². The van der Waals surface area contributed by atoms with Crippen LogP contribution in [0.1, 0.15) is 40.8 Å². The molecule has 1 aromatic carbocycles. The fraction of sp³-hybridized carbons (Fsp3) is 0.435. The van der Waals surface area contributed by atoms with Crippen LogP contribution in [0, 0.1) is 11.3 Å². The number of carbonyl (C=O) groups is 2. The SMILES string of the molecule is COc1cccc([C@@H](C)CC(=O)Nc2sc3c(c2C#N)CCN(C(=O)OCC(O)CO)C3)c1. The molecule has 1 aromatic heterocycles. The first-order valence-corrected chi connectivity index (χ1v) is 11.4. The van der Waals surface area contributed by atoms with Crippen molar-refractivity contribution >= 4 is 28.3 Å². The molecule has 33 heavy (non-hydrogen) atoms. The van der Waals surface area contributed by atoms with Crippen molar-refractivity contribution in [1.82, 2.24) is 4.90 Å². The normalized spacial score (nSPS) is 14.6. The molecule has 1 unspecified atom stereocenters. The Bertz CT molecular complexity index is 1050. The predicted molar refractivity (Wildman–Crippen MR) is 122 cm³/mol. The molecule has 0 bridgehead atoms. The van der Waals surface area contributed by atoms with Crippen LogP contribution >= 0.6 is 11.3 Å². The van der Waals surface area contributed by atoms with Crippen molar-refractivity contribution < 1.29 is 29.3 Å². The minimum atomic E-state index is -1.12. The third-order valence-corrected chi connectivity index (χ3v) is 6.58. The quantitative estimate of drug-likeness (QED) is 0.537. The lowest BCUT2D eigenvalue weighted by molar-refractivity contribution is -0.116. The van der Waals surface area contributed by atoms with Crippen molar-refractivity contribution in [3.8, 4) is 11.8 Å². The molecule has 2 heterocycles. The molecule has 0 aliphatic carbocycles. The van der Waals surface area contributed by atoms with Crippen LogP contribution in [-0.4, -0.2) is 60.1 Å². The fourth-order valence-electron chi connectivity index (χ4n) is 3.60. The summed E-state index contributed by atoms with van der Waals surface area (Å²) in [6.45, 7) is 1.77. The molecule has 0 saturated heterocycles. The number of nitriles is 1. The topological polar surface area (TPSA) is 132 Å². The summed E-state index contributed by atoms with van der Waals surface area (Å²) in [5.74, 6) is 0.487. The summed E-state index contributed by atoms with van der Waals surface area (Å²) in [5, 5.41) is 31.2. The number of hydrogen-bond donors (Lipinski definition) is 3. The van der Waals surface area contributed by atoms with Crippen LogP contribution in [0.25, 0.3) is 0 Å². The van der Waals surface area contributed by atoms with E-state index in [9.17, 15) is 20.0 Å². The molecule has 0 saturated carbocycles. The lowest BCUT2D eigenvalue weighted by Gasteiger charge is -2.26. The lowest BCUT2D eigenvalue weighted by atomic mass is 9.97. The number of amides is 2. The van der Waals surface area contributed by atoms with Crippen LogP contribution < -0.4 is 10.1 Å². The third kappa shape index (κ3) is 6.01. The largest absolute Gasteiger partial charge is 0.497 e. The van der Waals surface area contributed by atoms with Gasteiger partial charge in [0.25, 0.3) is 0 Å². The number of nitrogens with zero attached hydrogens (tertiary/aromatic N) is 2. The second-order valence-corrected chi connectivity index (χ2v) is 8.94. The highest BCUT2D eigenvalue weighted by atomic mass is 32.1. The van der Waals surface area contributed by atoms with E-state index >= 15 is 0 Å². The zero-order valence-electron chi connectivity index (χ0n) is 18.5. The van der Waals surface area contributed by atoms with Crippen molar-refractivity contribution in [3.05, 3.63) is 45.8 Å². The van der Waals surface area contributed by atoms with Crippen LogP contribution in [-0.2, 0) is 22.5 Å². The highest BCUT2D eigenvalue weighted by molar-refractivity contribution is 7.16. The van der Waals surface area contributed by atoms with Gasteiger partial charge < -0.3 is 29.9 Å². The van der Waals surface area contributed by atoms with Gasteiger partial charge in [0.1, 0.15) is 29.5 Å². The molecule has 0 spiro atoms. The van der Waals surface area contributed by atoms with Crippen LogP contribution in [0.4, 0.5) is 9.80 Å². The zero-order chi connectivity index (χ0) is 24.0. The van der Waals surface area contributed by atoms with Crippen molar-refractivity contribution in [2.24, 2.45) is 0 Å². The van der Waals surface area contributed by atoms with E-state index in [1.807, 2.05) is 31.2 Å². The Morgan fingerprint density at radius 1 is 1.39 bits per heavy atom. The Labute approximate surface area is 196 Å². The zero-order valence-corrected chi connectivity index (χ0v) is 19.4. The number of methoxy groups -OCH3 is 1. The number of carbonyl (C=O) groups excluding carboxylic acids is 2. The van der Waals surface area contributed by atoms with Crippen molar-refractivity contribution in [2.45, 2.75) is 38.3 Å². The molecule has 0 radical (unpaired) electrons. The smallest absolute Gasteiger partial charge is 0.410 e. The van der Waals surface area contributed by atoms with Gasteiger partial charge in [-0.05, 0) is 35.6 Å². The highest BCUT2D eigenvalue weighted by Gasteiger charge is 2.28. The van der Waals surface area contributed by atoms with Gasteiger partial charge in [0.2, 0.25) is 5.91 Å². The second kappa shape index (κ2) is 11.1. The molecule has 1 aliphatic rings. The summed E-state index contributed by atoms with van der Waals surface area (Å²) in [6.07, 6.45) is -1.02. The highest BCUT2D eigenvalue weighted by Crippen LogP contribution is 2.37. The number of aliphatic hydroxyl groups excluding tert-OH is 2. The Morgan fingerprint density at radius 3 is 2.88 bits per heavy atom. The summed E-state index contributed by atoms with van der Waals surface area (Å²) in [5.41, 5.74) is 2.25. The molecule has 3 rings (SSSR count). The maximum atomic E-state index is 12.7. The minimum absolute atomic E-state index is 0.0419. The second-order valence-electron chi connectivity index (χ2n) is 7.83. The Balaban J connectivity index is 1.65. The number of rotatable bonds is 8. The predicted octanol–water partition coefficient (Wildman–Crippen LogP) is 2.61. The average Bonchev–Trinajstić information content (AvgIpc) is 3.17. The summed E-state index contributed by atoms with van der Waals surface area (Å²) < 4.78 is 10.3. The molecular weight excluding hydrogens is 446 g/mol. The van der Waals surface area contributed by atoms with Gasteiger partial charge in [-0.2, -0.15) is 5.26 Å². The molecule has 176 valence electrons. The molecule has 2 atom stereocenters. The number of fused-ring (bicyclic) bond motifs is 1. The van der Waals surface area contributed by atoms with Crippen LogP contribution in [0.15, 0.2) is 24.3 Å². The first kappa shape index (κ1) is 24.5. The summed E-state index contributed by atoms with van der Waals surface area (Å²) in [7, 11) is 1.60. The van der Waals surface area contributed by atoms with E-state index in [1.165, 1.54) is 16.2 Å². The first-order chi connectivity index (χ1) is 15.9. The van der Waals surface area contributed by atoms with E-state index in [0.29, 0.717) is 23.5 Å². The number of benzene rings is 1. The van der Waals surface area contributed by atoms with Crippen LogP contribution in [0.5, 0.6) is 5.75 Å². The van der Waals surface area contributed by atoms with Crippen LogP contribution in [0.3, 0.4) is 0 Å². The Hall–Kier alpha value is -3.13. The number of nitrogens with one attached hydrogen (secondary N) is 1. The maximum Gasteiger partial charge on any atom is 0.410 e. The molecular formula is C23H27N3O6S. The molecule has 0 fully saturated rings. The monoisotopic (exact) mass is 473 g/mol. The third-order valence-electron chi connectivity index (χ3n) is 5.44. The number of aliphatic hydroxyl groups is 2. The molecule has 3 N–H and O–H groups in total. The van der Waals surface area contributed by atoms with Gasteiger partial charge in [-0.3, -0.25) is 4.79 Å². The van der Waals surface area contributed by atoms with Crippen molar-refractivity contribution in [2.75, 3.05) is 32.2 Å². The number of ether oxygens (including phenoxy) is 2. The molecule has 2 amide bonds. The van der Waals surface area contributed by atoms with E-state index < -0.39 is 18.8 Å². The van der Waals surface area contributed by atoms with E-state index in [1.54, 1.807) is 7.11 Å². The van der Waals surface area contributed by atoms with E-state index in [2.05, 4.69) is 11.4 Å². The Morgan fingerprint density at radius 2 is 2.18 bits per heavy atom. The molecule has 1 aliphatic heterocycles. The first-order valence-electron chi connectivity index (χ1n) is 10.5. The molecule has 2 aromatic rings. The number of hydrogen-bond acceptors (Lipinski definition) is 8. The van der Waals surface area contributed by atoms with Gasteiger partial charge >= 0.3 is 6.09 Å². The summed E-state index contributed by atoms with van der Waals surface area (Å²) in [6, 6.07) is 9.75. The molecule has 9 nitrogen and oxygen atoms in total.